The number of halogens is 1. The number of aromatic nitrogens is 3. The number of benzene rings is 2. The Hall–Kier alpha value is -2.83. The van der Waals surface area contributed by atoms with Crippen LogP contribution in [0.15, 0.2) is 48.9 Å². The molecule has 0 bridgehead atoms. The Morgan fingerprint density at radius 3 is 2.67 bits per heavy atom. The number of rotatable bonds is 3. The molecule has 5 rings (SSSR count). The quantitative estimate of drug-likeness (QED) is 0.499. The second-order valence-electron chi connectivity index (χ2n) is 8.21. The van der Waals surface area contributed by atoms with E-state index in [0.29, 0.717) is 17.1 Å². The van der Waals surface area contributed by atoms with E-state index < -0.39 is 0 Å². The Kier molecular flexibility index (Phi) is 4.76. The molecule has 2 unspecified atom stereocenters. The summed E-state index contributed by atoms with van der Waals surface area (Å²) in [5.74, 6) is 0.746. The van der Waals surface area contributed by atoms with E-state index in [1.165, 1.54) is 5.69 Å². The highest BCUT2D eigenvalue weighted by Crippen LogP contribution is 2.32. The van der Waals surface area contributed by atoms with Gasteiger partial charge in [0.05, 0.1) is 34.3 Å². The van der Waals surface area contributed by atoms with Gasteiger partial charge in [0.1, 0.15) is 5.52 Å². The van der Waals surface area contributed by atoms with E-state index in [2.05, 4.69) is 57.0 Å². The average Bonchev–Trinajstić information content (AvgIpc) is 3.20. The van der Waals surface area contributed by atoms with E-state index in [1.807, 2.05) is 37.6 Å². The third-order valence-corrected chi connectivity index (χ3v) is 6.03. The Balaban J connectivity index is 1.61. The van der Waals surface area contributed by atoms with Gasteiger partial charge in [-0.05, 0) is 50.6 Å². The molecule has 4 aromatic rings. The van der Waals surface area contributed by atoms with Crippen molar-refractivity contribution in [1.29, 1.82) is 0 Å². The van der Waals surface area contributed by atoms with E-state index in [-0.39, 0.29) is 0 Å². The van der Waals surface area contributed by atoms with Crippen molar-refractivity contribution in [3.63, 3.8) is 0 Å². The fourth-order valence-electron chi connectivity index (χ4n) is 4.38. The molecule has 0 spiro atoms. The molecule has 0 aliphatic carbocycles. The molecule has 1 aliphatic rings. The van der Waals surface area contributed by atoms with Crippen molar-refractivity contribution in [3.05, 3.63) is 59.5 Å². The van der Waals surface area contributed by atoms with E-state index in [4.69, 9.17) is 16.6 Å². The Labute approximate surface area is 180 Å². The van der Waals surface area contributed by atoms with Crippen molar-refractivity contribution in [2.24, 2.45) is 0 Å². The highest BCUT2D eigenvalue weighted by Gasteiger charge is 2.22. The lowest BCUT2D eigenvalue weighted by Crippen LogP contribution is -2.54. The molecule has 7 heteroatoms. The maximum atomic E-state index is 6.45. The predicted molar refractivity (Wildman–Crippen MR) is 124 cm³/mol. The third kappa shape index (κ3) is 3.36. The number of hydrogen-bond acceptors (Lipinski definition) is 5. The summed E-state index contributed by atoms with van der Waals surface area (Å²) >= 11 is 6.45. The van der Waals surface area contributed by atoms with Crippen molar-refractivity contribution in [2.45, 2.75) is 32.9 Å². The highest BCUT2D eigenvalue weighted by atomic mass is 35.5. The Morgan fingerprint density at radius 1 is 1.10 bits per heavy atom. The van der Waals surface area contributed by atoms with E-state index in [9.17, 15) is 0 Å². The van der Waals surface area contributed by atoms with Crippen LogP contribution in [0.1, 0.15) is 19.4 Å². The van der Waals surface area contributed by atoms with E-state index in [1.54, 1.807) is 0 Å². The number of fused-ring (bicyclic) bond motifs is 3. The zero-order valence-electron chi connectivity index (χ0n) is 17.4. The van der Waals surface area contributed by atoms with Crippen LogP contribution in [0.4, 0.5) is 17.2 Å². The molecule has 0 saturated carbocycles. The molecule has 1 saturated heterocycles. The second kappa shape index (κ2) is 7.45. The smallest absolute Gasteiger partial charge is 0.157 e. The molecule has 2 aromatic carbocycles. The molecule has 30 heavy (non-hydrogen) atoms. The Bertz CT molecular complexity index is 1200. The van der Waals surface area contributed by atoms with Crippen LogP contribution in [-0.4, -0.2) is 39.5 Å². The van der Waals surface area contributed by atoms with Gasteiger partial charge in [0.2, 0.25) is 0 Å². The summed E-state index contributed by atoms with van der Waals surface area (Å²) in [5.41, 5.74) is 6.00. The first-order chi connectivity index (χ1) is 14.5. The van der Waals surface area contributed by atoms with Gasteiger partial charge in [-0.1, -0.05) is 23.7 Å². The topological polar surface area (TPSA) is 57.5 Å². The first-order valence-electron chi connectivity index (χ1n) is 10.3. The summed E-state index contributed by atoms with van der Waals surface area (Å²) in [7, 11) is 0. The van der Waals surface area contributed by atoms with Gasteiger partial charge >= 0.3 is 0 Å². The largest absolute Gasteiger partial charge is 0.368 e. The van der Waals surface area contributed by atoms with Crippen molar-refractivity contribution < 1.29 is 0 Å². The van der Waals surface area contributed by atoms with Crippen molar-refractivity contribution >= 4 is 45.3 Å². The molecule has 2 atom stereocenters. The molecule has 2 N–H and O–H groups in total. The first-order valence-corrected chi connectivity index (χ1v) is 10.7. The number of piperazine rings is 1. The normalized spacial score (nSPS) is 19.5. The van der Waals surface area contributed by atoms with Gasteiger partial charge in [-0.2, -0.15) is 0 Å². The summed E-state index contributed by atoms with van der Waals surface area (Å²) in [5, 5.41) is 7.71. The van der Waals surface area contributed by atoms with Crippen molar-refractivity contribution in [2.75, 3.05) is 23.3 Å². The lowest BCUT2D eigenvalue weighted by molar-refractivity contribution is 0.407. The maximum Gasteiger partial charge on any atom is 0.157 e. The Morgan fingerprint density at radius 2 is 1.90 bits per heavy atom. The summed E-state index contributed by atoms with van der Waals surface area (Å²) in [6.07, 6.45) is 3.66. The van der Waals surface area contributed by atoms with Crippen LogP contribution in [0.3, 0.4) is 0 Å². The van der Waals surface area contributed by atoms with Gasteiger partial charge in [0.15, 0.2) is 5.82 Å². The third-order valence-electron chi connectivity index (χ3n) is 5.72. The van der Waals surface area contributed by atoms with Gasteiger partial charge in [-0.25, -0.2) is 9.97 Å². The number of nitrogens with one attached hydrogen (secondary N) is 2. The minimum atomic E-state index is 0.453. The number of para-hydroxylation sites is 1. The van der Waals surface area contributed by atoms with Gasteiger partial charge in [-0.3, -0.25) is 4.40 Å². The molecule has 1 aliphatic heterocycles. The number of nitrogens with zero attached hydrogens (tertiary/aromatic N) is 4. The predicted octanol–water partition coefficient (Wildman–Crippen LogP) is 4.77. The minimum absolute atomic E-state index is 0.453. The van der Waals surface area contributed by atoms with Gasteiger partial charge in [-0.15, -0.1) is 0 Å². The zero-order valence-corrected chi connectivity index (χ0v) is 18.1. The summed E-state index contributed by atoms with van der Waals surface area (Å²) in [6, 6.07) is 13.3. The van der Waals surface area contributed by atoms with Crippen LogP contribution < -0.4 is 15.5 Å². The second-order valence-corrected chi connectivity index (χ2v) is 8.62. The molecular weight excluding hydrogens is 396 g/mol. The van der Waals surface area contributed by atoms with Crippen LogP contribution in [0.5, 0.6) is 0 Å². The number of aryl methyl sites for hydroxylation is 1. The lowest BCUT2D eigenvalue weighted by Gasteiger charge is -2.37. The molecule has 154 valence electrons. The first kappa shape index (κ1) is 19.2. The number of hydrogen-bond donors (Lipinski definition) is 2. The summed E-state index contributed by atoms with van der Waals surface area (Å²) in [4.78, 5) is 11.8. The van der Waals surface area contributed by atoms with Crippen LogP contribution in [0, 0.1) is 6.92 Å². The highest BCUT2D eigenvalue weighted by molar-refractivity contribution is 6.33. The minimum Gasteiger partial charge on any atom is -0.368 e. The summed E-state index contributed by atoms with van der Waals surface area (Å²) in [6.45, 7) is 8.45. The molecule has 6 nitrogen and oxygen atoms in total. The van der Waals surface area contributed by atoms with E-state index in [0.717, 1.165) is 46.7 Å². The molecule has 1 fully saturated rings. The van der Waals surface area contributed by atoms with Gasteiger partial charge < -0.3 is 15.5 Å². The molecular formula is C23H25ClN6. The fraction of sp³-hybridized carbons (Fsp3) is 0.304. The van der Waals surface area contributed by atoms with Gasteiger partial charge in [0, 0.05) is 30.9 Å². The summed E-state index contributed by atoms with van der Waals surface area (Å²) < 4.78 is 2.07. The van der Waals surface area contributed by atoms with Crippen LogP contribution >= 0.6 is 11.6 Å². The monoisotopic (exact) mass is 420 g/mol. The maximum absolute atomic E-state index is 6.45. The van der Waals surface area contributed by atoms with E-state index >= 15 is 0 Å². The number of anilines is 3. The van der Waals surface area contributed by atoms with Gasteiger partial charge in [0.25, 0.3) is 0 Å². The molecule has 2 aromatic heterocycles. The van der Waals surface area contributed by atoms with Crippen LogP contribution in [-0.2, 0) is 0 Å². The standard InChI is InChI=1S/C23H25ClN6/c1-14-5-4-6-18(24)22(14)28-23-21-10-25-13-30(21)20-8-7-17(9-19(20)27-23)29-11-15(2)26-16(3)12-29/h4-10,13,15-16,26H,11-12H2,1-3H3,(H,27,28). The molecule has 0 amide bonds. The van der Waals surface area contributed by atoms with Crippen molar-refractivity contribution in [1.82, 2.24) is 19.7 Å². The van der Waals surface area contributed by atoms with Crippen molar-refractivity contribution in [3.8, 4) is 0 Å². The van der Waals surface area contributed by atoms with Crippen LogP contribution in [0.2, 0.25) is 5.02 Å². The molecule has 0 radical (unpaired) electrons. The fourth-order valence-corrected chi connectivity index (χ4v) is 4.65. The number of imidazole rings is 1. The zero-order chi connectivity index (χ0) is 20.8. The SMILES string of the molecule is Cc1cccc(Cl)c1Nc1nc2cc(N3CC(C)NC(C)C3)ccc2n2cncc12. The lowest BCUT2D eigenvalue weighted by atomic mass is 10.1. The van der Waals surface area contributed by atoms with Crippen LogP contribution in [0.25, 0.3) is 16.6 Å². The average molecular weight is 421 g/mol. The molecule has 3 heterocycles.